The van der Waals surface area contributed by atoms with E-state index < -0.39 is 0 Å². The number of benzene rings is 2. The van der Waals surface area contributed by atoms with Crippen LogP contribution in [0.4, 0.5) is 4.39 Å². The summed E-state index contributed by atoms with van der Waals surface area (Å²) in [5, 5.41) is 0. The predicted octanol–water partition coefficient (Wildman–Crippen LogP) is 3.86. The van der Waals surface area contributed by atoms with Gasteiger partial charge in [0.25, 0.3) is 0 Å². The zero-order valence-corrected chi connectivity index (χ0v) is 12.5. The van der Waals surface area contributed by atoms with E-state index in [9.17, 15) is 9.18 Å². The highest BCUT2D eigenvalue weighted by molar-refractivity contribution is 14.1. The van der Waals surface area contributed by atoms with Gasteiger partial charge in [-0.1, -0.05) is 12.1 Å². The first-order chi connectivity index (χ1) is 9.10. The van der Waals surface area contributed by atoms with Gasteiger partial charge in [-0.25, -0.2) is 4.39 Å². The highest BCUT2D eigenvalue weighted by Gasteiger charge is 2.13. The molecule has 0 unspecified atom stereocenters. The van der Waals surface area contributed by atoms with Gasteiger partial charge in [0.15, 0.2) is 5.78 Å². The van der Waals surface area contributed by atoms with Gasteiger partial charge in [-0.05, 0) is 58.5 Å². The zero-order chi connectivity index (χ0) is 13.8. The summed E-state index contributed by atoms with van der Waals surface area (Å²) in [7, 11) is 1.53. The van der Waals surface area contributed by atoms with Crippen molar-refractivity contribution in [3.8, 4) is 5.75 Å². The lowest BCUT2D eigenvalue weighted by molar-refractivity contribution is 0.0990. The van der Waals surface area contributed by atoms with E-state index in [2.05, 4.69) is 22.6 Å². The van der Waals surface area contributed by atoms with Crippen LogP contribution in [0.1, 0.15) is 15.9 Å². The van der Waals surface area contributed by atoms with Crippen molar-refractivity contribution in [1.82, 2.24) is 0 Å². The molecule has 19 heavy (non-hydrogen) atoms. The number of ketones is 1. The quantitative estimate of drug-likeness (QED) is 0.604. The van der Waals surface area contributed by atoms with E-state index in [1.165, 1.54) is 19.2 Å². The lowest BCUT2D eigenvalue weighted by Gasteiger charge is -2.08. The van der Waals surface area contributed by atoms with E-state index in [-0.39, 0.29) is 18.0 Å². The van der Waals surface area contributed by atoms with Crippen LogP contribution in [0.2, 0.25) is 0 Å². The number of methoxy groups -OCH3 is 1. The minimum atomic E-state index is -0.333. The molecule has 0 atom stereocenters. The minimum absolute atomic E-state index is 0.0824. The number of rotatable bonds is 4. The summed E-state index contributed by atoms with van der Waals surface area (Å²) < 4.78 is 19.2. The van der Waals surface area contributed by atoms with Crippen molar-refractivity contribution < 1.29 is 13.9 Å². The van der Waals surface area contributed by atoms with Gasteiger partial charge in [0, 0.05) is 9.99 Å². The third-order valence-electron chi connectivity index (χ3n) is 2.72. The van der Waals surface area contributed by atoms with Gasteiger partial charge in [0.2, 0.25) is 0 Å². The van der Waals surface area contributed by atoms with Crippen molar-refractivity contribution in [2.24, 2.45) is 0 Å². The molecule has 4 heteroatoms. The van der Waals surface area contributed by atoms with Crippen molar-refractivity contribution in [2.75, 3.05) is 7.11 Å². The van der Waals surface area contributed by atoms with Crippen LogP contribution in [0.15, 0.2) is 42.5 Å². The van der Waals surface area contributed by atoms with Crippen LogP contribution < -0.4 is 4.74 Å². The van der Waals surface area contributed by atoms with Gasteiger partial charge in [0.1, 0.15) is 11.6 Å². The minimum Gasteiger partial charge on any atom is -0.496 e. The topological polar surface area (TPSA) is 26.3 Å². The third-order valence-corrected chi connectivity index (χ3v) is 3.39. The zero-order valence-electron chi connectivity index (χ0n) is 10.3. The van der Waals surface area contributed by atoms with Gasteiger partial charge in [-0.15, -0.1) is 0 Å². The number of Topliss-reactive ketones (excluding diaryl/α,β-unsaturated/α-hetero) is 1. The average molecular weight is 370 g/mol. The predicted molar refractivity (Wildman–Crippen MR) is 80.1 cm³/mol. The Balaban J connectivity index is 2.27. The Morgan fingerprint density at radius 2 is 2.05 bits per heavy atom. The largest absolute Gasteiger partial charge is 0.496 e. The van der Waals surface area contributed by atoms with Crippen LogP contribution in [-0.4, -0.2) is 12.9 Å². The van der Waals surface area contributed by atoms with Gasteiger partial charge >= 0.3 is 0 Å². The summed E-state index contributed by atoms with van der Waals surface area (Å²) in [4.78, 5) is 12.3. The van der Waals surface area contributed by atoms with Crippen LogP contribution in [-0.2, 0) is 6.42 Å². The number of ether oxygens (including phenoxy) is 1. The molecule has 0 heterocycles. The molecule has 0 aromatic heterocycles. The summed E-state index contributed by atoms with van der Waals surface area (Å²) in [6, 6.07) is 11.5. The Labute approximate surface area is 124 Å². The molecule has 0 saturated carbocycles. The Morgan fingerprint density at radius 1 is 1.26 bits per heavy atom. The monoisotopic (exact) mass is 370 g/mol. The van der Waals surface area contributed by atoms with E-state index in [0.717, 1.165) is 3.57 Å². The molecule has 98 valence electrons. The van der Waals surface area contributed by atoms with Crippen LogP contribution in [0.25, 0.3) is 0 Å². The molecule has 0 amide bonds. The van der Waals surface area contributed by atoms with Crippen molar-refractivity contribution in [3.63, 3.8) is 0 Å². The maximum Gasteiger partial charge on any atom is 0.170 e. The molecular weight excluding hydrogens is 358 g/mol. The molecule has 0 bridgehead atoms. The molecule has 0 spiro atoms. The molecular formula is C15H12FIO2. The second kappa shape index (κ2) is 6.14. The van der Waals surface area contributed by atoms with Crippen LogP contribution in [0, 0.1) is 9.39 Å². The van der Waals surface area contributed by atoms with E-state index in [1.54, 1.807) is 24.3 Å². The number of hydrogen-bond donors (Lipinski definition) is 0. The first-order valence-electron chi connectivity index (χ1n) is 5.71. The summed E-state index contributed by atoms with van der Waals surface area (Å²) in [6.45, 7) is 0. The third kappa shape index (κ3) is 3.53. The van der Waals surface area contributed by atoms with E-state index >= 15 is 0 Å². The van der Waals surface area contributed by atoms with E-state index in [1.807, 2.05) is 6.07 Å². The fraction of sp³-hybridized carbons (Fsp3) is 0.133. The summed E-state index contributed by atoms with van der Waals surface area (Å²) in [5.41, 5.74) is 1.18. The lowest BCUT2D eigenvalue weighted by Crippen LogP contribution is -2.06. The molecule has 0 N–H and O–H groups in total. The number of halogens is 2. The van der Waals surface area contributed by atoms with Crippen molar-refractivity contribution >= 4 is 28.4 Å². The Bertz CT molecular complexity index is 611. The summed E-state index contributed by atoms with van der Waals surface area (Å²) in [5.74, 6) is 0.127. The van der Waals surface area contributed by atoms with Crippen LogP contribution in [0.5, 0.6) is 5.75 Å². The average Bonchev–Trinajstić information content (AvgIpc) is 2.38. The molecule has 0 aliphatic rings. The summed E-state index contributed by atoms with van der Waals surface area (Å²) in [6.07, 6.45) is 0.161. The second-order valence-corrected chi connectivity index (χ2v) is 5.32. The number of carbonyl (C=O) groups excluding carboxylic acids is 1. The van der Waals surface area contributed by atoms with Crippen LogP contribution >= 0.6 is 22.6 Å². The highest BCUT2D eigenvalue weighted by atomic mass is 127. The van der Waals surface area contributed by atoms with Crippen molar-refractivity contribution in [2.45, 2.75) is 6.42 Å². The molecule has 2 nitrogen and oxygen atoms in total. The molecule has 2 aromatic rings. The Morgan fingerprint density at radius 3 is 2.74 bits per heavy atom. The molecule has 0 aliphatic carbocycles. The first kappa shape index (κ1) is 14.0. The molecule has 2 aromatic carbocycles. The maximum absolute atomic E-state index is 13.1. The van der Waals surface area contributed by atoms with Gasteiger partial charge < -0.3 is 4.74 Å². The normalized spacial score (nSPS) is 10.3. The SMILES string of the molecule is COc1ccc(I)cc1C(=O)Cc1cccc(F)c1. The lowest BCUT2D eigenvalue weighted by atomic mass is 10.0. The highest BCUT2D eigenvalue weighted by Crippen LogP contribution is 2.22. The van der Waals surface area contributed by atoms with E-state index in [4.69, 9.17) is 4.74 Å². The molecule has 0 aliphatic heterocycles. The standard InChI is InChI=1S/C15H12FIO2/c1-19-15-6-5-12(17)9-13(15)14(18)8-10-3-2-4-11(16)7-10/h2-7,9H,8H2,1H3. The molecule has 0 saturated heterocycles. The molecule has 0 radical (unpaired) electrons. The van der Waals surface area contributed by atoms with Crippen LogP contribution in [0.3, 0.4) is 0 Å². The van der Waals surface area contributed by atoms with Crippen molar-refractivity contribution in [1.29, 1.82) is 0 Å². The fourth-order valence-corrected chi connectivity index (χ4v) is 2.32. The first-order valence-corrected chi connectivity index (χ1v) is 6.79. The van der Waals surface area contributed by atoms with Gasteiger partial charge in [-0.2, -0.15) is 0 Å². The fourth-order valence-electron chi connectivity index (χ4n) is 1.83. The van der Waals surface area contributed by atoms with Gasteiger partial charge in [0.05, 0.1) is 12.7 Å². The summed E-state index contributed by atoms with van der Waals surface area (Å²) >= 11 is 2.14. The smallest absolute Gasteiger partial charge is 0.170 e. The van der Waals surface area contributed by atoms with Crippen molar-refractivity contribution in [3.05, 3.63) is 63.0 Å². The molecule has 0 fully saturated rings. The number of hydrogen-bond acceptors (Lipinski definition) is 2. The number of carbonyl (C=O) groups is 1. The maximum atomic E-state index is 13.1. The van der Waals surface area contributed by atoms with Gasteiger partial charge in [-0.3, -0.25) is 4.79 Å². The second-order valence-electron chi connectivity index (χ2n) is 4.07. The molecule has 2 rings (SSSR count). The van der Waals surface area contributed by atoms with E-state index in [0.29, 0.717) is 16.9 Å². The Hall–Kier alpha value is -1.43. The Kier molecular flexibility index (Phi) is 4.52.